The molecule has 0 radical (unpaired) electrons. The van der Waals surface area contributed by atoms with Gasteiger partial charge < -0.3 is 15.2 Å². The largest absolute Gasteiger partial charge is 0.479 e. The summed E-state index contributed by atoms with van der Waals surface area (Å²) < 4.78 is 6.63. The second kappa shape index (κ2) is 10.8. The zero-order chi connectivity index (χ0) is 27.8. The highest BCUT2D eigenvalue weighted by Crippen LogP contribution is 2.49. The van der Waals surface area contributed by atoms with Crippen molar-refractivity contribution in [3.05, 3.63) is 74.3 Å². The minimum Gasteiger partial charge on any atom is -0.479 e. The van der Waals surface area contributed by atoms with Crippen molar-refractivity contribution < 1.29 is 19.4 Å². The SMILES string of the molecule is CC(=O)Nc1c(Br)c(C(OC(C)(C)C)C(=O)O)c(-c2ccc(C)c(C)c2)c(C)c1-c1ccc(C)c(C)c1. The molecule has 0 aliphatic rings. The fraction of sp³-hybridized carbons (Fsp3) is 0.355. The number of hydrogen-bond acceptors (Lipinski definition) is 3. The fourth-order valence-corrected chi connectivity index (χ4v) is 5.22. The molecule has 1 amide bonds. The molecule has 0 aliphatic heterocycles. The molecular formula is C31H36BrNO4. The first-order valence-electron chi connectivity index (χ1n) is 12.3. The van der Waals surface area contributed by atoms with Gasteiger partial charge in [0, 0.05) is 22.5 Å². The van der Waals surface area contributed by atoms with Crippen LogP contribution in [0.2, 0.25) is 0 Å². The van der Waals surface area contributed by atoms with E-state index in [9.17, 15) is 14.7 Å². The second-order valence-electron chi connectivity index (χ2n) is 10.7. The lowest BCUT2D eigenvalue weighted by Crippen LogP contribution is -2.28. The number of aliphatic carboxylic acids is 1. The van der Waals surface area contributed by atoms with Crippen molar-refractivity contribution in [2.45, 2.75) is 74.0 Å². The van der Waals surface area contributed by atoms with E-state index in [4.69, 9.17) is 4.74 Å². The van der Waals surface area contributed by atoms with Crippen LogP contribution < -0.4 is 5.32 Å². The minimum atomic E-state index is -1.27. The Labute approximate surface area is 228 Å². The van der Waals surface area contributed by atoms with Gasteiger partial charge in [0.15, 0.2) is 6.10 Å². The summed E-state index contributed by atoms with van der Waals surface area (Å²) in [7, 11) is 0. The van der Waals surface area contributed by atoms with Gasteiger partial charge in [0.2, 0.25) is 5.91 Å². The number of ether oxygens (including phenoxy) is 1. The van der Waals surface area contributed by atoms with Crippen molar-refractivity contribution in [1.82, 2.24) is 0 Å². The van der Waals surface area contributed by atoms with E-state index in [1.54, 1.807) is 0 Å². The van der Waals surface area contributed by atoms with Gasteiger partial charge in [0.05, 0.1) is 11.3 Å². The van der Waals surface area contributed by atoms with Crippen molar-refractivity contribution in [1.29, 1.82) is 0 Å². The molecule has 1 atom stereocenters. The Morgan fingerprint density at radius 1 is 0.865 bits per heavy atom. The van der Waals surface area contributed by atoms with Crippen LogP contribution in [0.4, 0.5) is 5.69 Å². The first kappa shape index (κ1) is 28.6. The molecule has 3 rings (SSSR count). The third kappa shape index (κ3) is 6.13. The third-order valence-corrected chi connectivity index (χ3v) is 7.40. The highest BCUT2D eigenvalue weighted by atomic mass is 79.9. The van der Waals surface area contributed by atoms with Crippen molar-refractivity contribution in [2.75, 3.05) is 5.32 Å². The topological polar surface area (TPSA) is 75.6 Å². The maximum atomic E-state index is 12.7. The number of carbonyl (C=O) groups is 2. The summed E-state index contributed by atoms with van der Waals surface area (Å²) in [5.41, 5.74) is 9.10. The van der Waals surface area contributed by atoms with Crippen molar-refractivity contribution >= 4 is 33.5 Å². The van der Waals surface area contributed by atoms with E-state index in [2.05, 4.69) is 53.3 Å². The molecule has 3 aromatic rings. The first-order chi connectivity index (χ1) is 17.1. The number of anilines is 1. The number of benzene rings is 3. The van der Waals surface area contributed by atoms with Gasteiger partial charge in [-0.3, -0.25) is 4.79 Å². The molecule has 0 aliphatic carbocycles. The average Bonchev–Trinajstić information content (AvgIpc) is 2.77. The minimum absolute atomic E-state index is 0.251. The average molecular weight is 567 g/mol. The maximum Gasteiger partial charge on any atom is 0.337 e. The Balaban J connectivity index is 2.56. The zero-order valence-corrected chi connectivity index (χ0v) is 24.7. The molecule has 1 unspecified atom stereocenters. The molecule has 3 aromatic carbocycles. The van der Waals surface area contributed by atoms with Gasteiger partial charge in [-0.1, -0.05) is 36.4 Å². The molecule has 0 saturated carbocycles. The molecule has 0 fully saturated rings. The standard InChI is InChI=1S/C31H36BrNO4/c1-16-10-12-22(14-18(16)3)24-20(5)25(23-13-11-17(2)19(4)15-23)28(33-21(6)34)27(32)26(24)29(30(35)36)37-31(7,8)9/h10-15,29H,1-9H3,(H,33,34)(H,35,36). The monoisotopic (exact) mass is 565 g/mol. The Morgan fingerprint density at radius 3 is 1.76 bits per heavy atom. The Bertz CT molecular complexity index is 1390. The van der Waals surface area contributed by atoms with Crippen molar-refractivity contribution in [3.63, 3.8) is 0 Å². The molecule has 0 spiro atoms. The van der Waals surface area contributed by atoms with Crippen LogP contribution in [0.15, 0.2) is 40.9 Å². The van der Waals surface area contributed by atoms with E-state index in [1.807, 2.05) is 59.7 Å². The number of halogens is 1. The molecule has 196 valence electrons. The van der Waals surface area contributed by atoms with E-state index in [1.165, 1.54) is 6.92 Å². The number of amides is 1. The molecule has 2 N–H and O–H groups in total. The van der Waals surface area contributed by atoms with Gasteiger partial charge in [-0.25, -0.2) is 4.79 Å². The highest BCUT2D eigenvalue weighted by Gasteiger charge is 2.35. The van der Waals surface area contributed by atoms with Gasteiger partial charge in [-0.2, -0.15) is 0 Å². The molecule has 0 bridgehead atoms. The van der Waals surface area contributed by atoms with Gasteiger partial charge in [0.1, 0.15) is 0 Å². The zero-order valence-electron chi connectivity index (χ0n) is 23.1. The van der Waals surface area contributed by atoms with E-state index < -0.39 is 17.7 Å². The normalized spacial score (nSPS) is 12.4. The van der Waals surface area contributed by atoms with E-state index in [0.29, 0.717) is 15.7 Å². The van der Waals surface area contributed by atoms with E-state index in [-0.39, 0.29) is 5.91 Å². The summed E-state index contributed by atoms with van der Waals surface area (Å²) in [6, 6.07) is 12.3. The molecule has 6 heteroatoms. The van der Waals surface area contributed by atoms with Crippen LogP contribution in [0.3, 0.4) is 0 Å². The molecule has 37 heavy (non-hydrogen) atoms. The fourth-order valence-electron chi connectivity index (χ4n) is 4.52. The maximum absolute atomic E-state index is 12.7. The number of nitrogens with one attached hydrogen (secondary N) is 1. The lowest BCUT2D eigenvalue weighted by molar-refractivity contribution is -0.160. The molecule has 5 nitrogen and oxygen atoms in total. The molecular weight excluding hydrogens is 530 g/mol. The third-order valence-electron chi connectivity index (χ3n) is 6.58. The number of aryl methyl sites for hydroxylation is 4. The van der Waals surface area contributed by atoms with Crippen LogP contribution >= 0.6 is 15.9 Å². The van der Waals surface area contributed by atoms with Crippen LogP contribution in [-0.4, -0.2) is 22.6 Å². The highest BCUT2D eigenvalue weighted by molar-refractivity contribution is 9.10. The van der Waals surface area contributed by atoms with Crippen LogP contribution in [-0.2, 0) is 14.3 Å². The van der Waals surface area contributed by atoms with Crippen LogP contribution in [0.5, 0.6) is 0 Å². The van der Waals surface area contributed by atoms with Gasteiger partial charge in [0.25, 0.3) is 0 Å². The molecule has 0 aromatic heterocycles. The summed E-state index contributed by atoms with van der Waals surface area (Å²) in [5.74, 6) is -1.36. The number of hydrogen-bond donors (Lipinski definition) is 2. The Hall–Kier alpha value is -2.96. The van der Waals surface area contributed by atoms with Gasteiger partial charge in [-0.05, 0) is 116 Å². The lowest BCUT2D eigenvalue weighted by Gasteiger charge is -2.30. The van der Waals surface area contributed by atoms with Crippen molar-refractivity contribution in [3.8, 4) is 22.3 Å². The first-order valence-corrected chi connectivity index (χ1v) is 13.1. The summed E-state index contributed by atoms with van der Waals surface area (Å²) in [6.45, 7) is 17.1. The summed E-state index contributed by atoms with van der Waals surface area (Å²) >= 11 is 3.72. The summed E-state index contributed by atoms with van der Waals surface area (Å²) in [5, 5.41) is 13.3. The Morgan fingerprint density at radius 2 is 1.35 bits per heavy atom. The number of rotatable bonds is 6. The number of carbonyl (C=O) groups excluding carboxylic acids is 1. The number of carboxylic acids is 1. The molecule has 0 heterocycles. The van der Waals surface area contributed by atoms with Crippen LogP contribution in [0.25, 0.3) is 22.3 Å². The van der Waals surface area contributed by atoms with Crippen molar-refractivity contribution in [2.24, 2.45) is 0 Å². The smallest absolute Gasteiger partial charge is 0.337 e. The second-order valence-corrected chi connectivity index (χ2v) is 11.5. The summed E-state index contributed by atoms with van der Waals surface area (Å²) in [4.78, 5) is 25.1. The Kier molecular flexibility index (Phi) is 8.35. The summed E-state index contributed by atoms with van der Waals surface area (Å²) in [6.07, 6.45) is -1.27. The number of carboxylic acid groups (broad SMARTS) is 1. The van der Waals surface area contributed by atoms with Crippen LogP contribution in [0.1, 0.15) is 67.2 Å². The van der Waals surface area contributed by atoms with Crippen LogP contribution in [0, 0.1) is 34.6 Å². The predicted octanol–water partition coefficient (Wildman–Crippen LogP) is 8.22. The van der Waals surface area contributed by atoms with Gasteiger partial charge in [-0.15, -0.1) is 0 Å². The molecule has 0 saturated heterocycles. The van der Waals surface area contributed by atoms with E-state index in [0.717, 1.165) is 50.1 Å². The quantitative estimate of drug-likeness (QED) is 0.315. The van der Waals surface area contributed by atoms with Gasteiger partial charge >= 0.3 is 5.97 Å². The van der Waals surface area contributed by atoms with E-state index >= 15 is 0 Å². The lowest BCUT2D eigenvalue weighted by atomic mass is 9.84. The predicted molar refractivity (Wildman–Crippen MR) is 154 cm³/mol.